The van der Waals surface area contributed by atoms with Crippen molar-refractivity contribution in [1.82, 2.24) is 5.32 Å². The van der Waals surface area contributed by atoms with Crippen molar-refractivity contribution in [2.24, 2.45) is 0 Å². The molecule has 5 heteroatoms. The van der Waals surface area contributed by atoms with Gasteiger partial charge in [-0.25, -0.2) is 0 Å². The maximum absolute atomic E-state index is 10.8. The fraction of sp³-hybridized carbons (Fsp3) is 0.500. The van der Waals surface area contributed by atoms with Gasteiger partial charge in [-0.3, -0.25) is 4.79 Å². The lowest BCUT2D eigenvalue weighted by Crippen LogP contribution is -2.15. The molecule has 0 radical (unpaired) electrons. The number of hydrogen-bond donors (Lipinski definition) is 1. The second-order valence-corrected chi connectivity index (χ2v) is 3.90. The van der Waals surface area contributed by atoms with Crippen molar-refractivity contribution < 1.29 is 13.9 Å². The fourth-order valence-corrected chi connectivity index (χ4v) is 1.45. The van der Waals surface area contributed by atoms with Crippen LogP contribution in [0.1, 0.15) is 18.6 Å². The second-order valence-electron chi connectivity index (χ2n) is 3.05. The van der Waals surface area contributed by atoms with E-state index < -0.39 is 0 Å². The smallest absolute Gasteiger partial charge is 0.305 e. The first-order valence-corrected chi connectivity index (χ1v) is 5.52. The van der Waals surface area contributed by atoms with Gasteiger partial charge < -0.3 is 14.5 Å². The Balaban J connectivity index is 2.07. The first-order valence-electron chi connectivity index (χ1n) is 4.73. The predicted molar refractivity (Wildman–Crippen MR) is 59.4 cm³/mol. The van der Waals surface area contributed by atoms with Gasteiger partial charge in [0.15, 0.2) is 0 Å². The van der Waals surface area contributed by atoms with Gasteiger partial charge in [0.05, 0.1) is 24.4 Å². The Bertz CT molecular complexity index is 311. The van der Waals surface area contributed by atoms with Crippen LogP contribution in [0.25, 0.3) is 0 Å². The SMILES string of the molecule is COC(=O)CCCNCc1occc1Br. The van der Waals surface area contributed by atoms with Gasteiger partial charge in [0.1, 0.15) is 5.76 Å². The van der Waals surface area contributed by atoms with Crippen LogP contribution in [0, 0.1) is 0 Å². The van der Waals surface area contributed by atoms with Gasteiger partial charge in [-0.2, -0.15) is 0 Å². The number of furan rings is 1. The number of methoxy groups -OCH3 is 1. The molecule has 0 aliphatic carbocycles. The van der Waals surface area contributed by atoms with Gasteiger partial charge in [-0.1, -0.05) is 0 Å². The molecule has 0 aliphatic heterocycles. The topological polar surface area (TPSA) is 51.5 Å². The molecular formula is C10H14BrNO3. The Morgan fingerprint density at radius 1 is 1.67 bits per heavy atom. The number of halogens is 1. The summed E-state index contributed by atoms with van der Waals surface area (Å²) in [5.74, 6) is 0.698. The fourth-order valence-electron chi connectivity index (χ4n) is 1.11. The van der Waals surface area contributed by atoms with E-state index in [2.05, 4.69) is 26.0 Å². The highest BCUT2D eigenvalue weighted by Gasteiger charge is 2.03. The van der Waals surface area contributed by atoms with E-state index in [4.69, 9.17) is 4.42 Å². The number of rotatable bonds is 6. The Morgan fingerprint density at radius 3 is 3.07 bits per heavy atom. The molecule has 15 heavy (non-hydrogen) atoms. The molecule has 4 nitrogen and oxygen atoms in total. The molecule has 0 atom stereocenters. The number of carbonyl (C=O) groups excluding carboxylic acids is 1. The van der Waals surface area contributed by atoms with Gasteiger partial charge in [-0.15, -0.1) is 0 Å². The lowest BCUT2D eigenvalue weighted by molar-refractivity contribution is -0.140. The first kappa shape index (κ1) is 12.3. The molecule has 0 spiro atoms. The number of ether oxygens (including phenoxy) is 1. The van der Waals surface area contributed by atoms with Gasteiger partial charge in [0.25, 0.3) is 0 Å². The average molecular weight is 276 g/mol. The molecule has 0 saturated heterocycles. The van der Waals surface area contributed by atoms with Crippen molar-refractivity contribution in [2.75, 3.05) is 13.7 Å². The van der Waals surface area contributed by atoms with Crippen LogP contribution in [0.2, 0.25) is 0 Å². The highest BCUT2D eigenvalue weighted by Crippen LogP contribution is 2.16. The summed E-state index contributed by atoms with van der Waals surface area (Å²) in [5.41, 5.74) is 0. The number of carbonyl (C=O) groups is 1. The minimum absolute atomic E-state index is 0.170. The van der Waals surface area contributed by atoms with Crippen molar-refractivity contribution in [1.29, 1.82) is 0 Å². The molecule has 1 rings (SSSR count). The van der Waals surface area contributed by atoms with Crippen LogP contribution in [-0.2, 0) is 16.1 Å². The zero-order valence-electron chi connectivity index (χ0n) is 8.59. The standard InChI is InChI=1S/C10H14BrNO3/c1-14-10(13)3-2-5-12-7-9-8(11)4-6-15-9/h4,6,12H,2-3,5,7H2,1H3. The zero-order chi connectivity index (χ0) is 11.1. The Hall–Kier alpha value is -0.810. The van der Waals surface area contributed by atoms with E-state index in [0.29, 0.717) is 13.0 Å². The maximum Gasteiger partial charge on any atom is 0.305 e. The van der Waals surface area contributed by atoms with E-state index in [1.165, 1.54) is 7.11 Å². The highest BCUT2D eigenvalue weighted by molar-refractivity contribution is 9.10. The molecule has 0 fully saturated rings. The third-order valence-electron chi connectivity index (χ3n) is 1.94. The van der Waals surface area contributed by atoms with Crippen molar-refractivity contribution in [3.05, 3.63) is 22.6 Å². The summed E-state index contributed by atoms with van der Waals surface area (Å²) >= 11 is 3.36. The molecule has 1 aromatic rings. The van der Waals surface area contributed by atoms with Crippen molar-refractivity contribution in [3.63, 3.8) is 0 Å². The third kappa shape index (κ3) is 4.48. The van der Waals surface area contributed by atoms with E-state index >= 15 is 0 Å². The molecule has 0 saturated carbocycles. The molecule has 1 heterocycles. The summed E-state index contributed by atoms with van der Waals surface area (Å²) in [6, 6.07) is 1.85. The van der Waals surface area contributed by atoms with Crippen molar-refractivity contribution >= 4 is 21.9 Å². The van der Waals surface area contributed by atoms with Crippen molar-refractivity contribution in [2.45, 2.75) is 19.4 Å². The van der Waals surface area contributed by atoms with Crippen LogP contribution in [0.15, 0.2) is 21.2 Å². The minimum atomic E-state index is -0.170. The highest BCUT2D eigenvalue weighted by atomic mass is 79.9. The number of esters is 1. The summed E-state index contributed by atoms with van der Waals surface area (Å²) in [7, 11) is 1.40. The quantitative estimate of drug-likeness (QED) is 0.638. The van der Waals surface area contributed by atoms with Crippen LogP contribution in [0.3, 0.4) is 0 Å². The lowest BCUT2D eigenvalue weighted by Gasteiger charge is -2.02. The largest absolute Gasteiger partial charge is 0.469 e. The molecule has 0 bridgehead atoms. The number of nitrogens with one attached hydrogen (secondary N) is 1. The predicted octanol–water partition coefficient (Wildman–Crippen LogP) is 2.08. The van der Waals surface area contributed by atoms with Crippen LogP contribution in [0.4, 0.5) is 0 Å². The number of hydrogen-bond acceptors (Lipinski definition) is 4. The molecule has 0 aliphatic rings. The summed E-state index contributed by atoms with van der Waals surface area (Å²) in [4.78, 5) is 10.8. The van der Waals surface area contributed by atoms with Crippen LogP contribution < -0.4 is 5.32 Å². The molecule has 0 unspecified atom stereocenters. The zero-order valence-corrected chi connectivity index (χ0v) is 10.2. The van der Waals surface area contributed by atoms with E-state index in [0.717, 1.165) is 23.2 Å². The molecule has 84 valence electrons. The molecule has 0 aromatic carbocycles. The van der Waals surface area contributed by atoms with Gasteiger partial charge in [-0.05, 0) is 35.0 Å². The first-order chi connectivity index (χ1) is 7.24. The molecular weight excluding hydrogens is 262 g/mol. The van der Waals surface area contributed by atoms with Crippen LogP contribution >= 0.6 is 15.9 Å². The second kappa shape index (κ2) is 6.63. The van der Waals surface area contributed by atoms with Gasteiger partial charge >= 0.3 is 5.97 Å². The Labute approximate surface area is 97.1 Å². The van der Waals surface area contributed by atoms with Crippen molar-refractivity contribution in [3.8, 4) is 0 Å². The monoisotopic (exact) mass is 275 g/mol. The van der Waals surface area contributed by atoms with Crippen LogP contribution in [-0.4, -0.2) is 19.6 Å². The van der Waals surface area contributed by atoms with E-state index in [1.807, 2.05) is 6.07 Å². The normalized spacial score (nSPS) is 10.3. The summed E-state index contributed by atoms with van der Waals surface area (Å²) < 4.78 is 10.7. The molecule has 0 amide bonds. The summed E-state index contributed by atoms with van der Waals surface area (Å²) in [6.07, 6.45) is 2.85. The van der Waals surface area contributed by atoms with E-state index in [1.54, 1.807) is 6.26 Å². The third-order valence-corrected chi connectivity index (χ3v) is 2.65. The van der Waals surface area contributed by atoms with E-state index in [9.17, 15) is 4.79 Å². The van der Waals surface area contributed by atoms with E-state index in [-0.39, 0.29) is 5.97 Å². The lowest BCUT2D eigenvalue weighted by atomic mass is 10.3. The average Bonchev–Trinajstić information content (AvgIpc) is 2.63. The summed E-state index contributed by atoms with van der Waals surface area (Å²) in [6.45, 7) is 1.43. The molecule has 1 aromatic heterocycles. The molecule has 1 N–H and O–H groups in total. The Morgan fingerprint density at radius 2 is 2.47 bits per heavy atom. The van der Waals surface area contributed by atoms with Gasteiger partial charge in [0, 0.05) is 6.42 Å². The van der Waals surface area contributed by atoms with Crippen LogP contribution in [0.5, 0.6) is 0 Å². The minimum Gasteiger partial charge on any atom is -0.469 e. The maximum atomic E-state index is 10.8. The van der Waals surface area contributed by atoms with Gasteiger partial charge in [0.2, 0.25) is 0 Å². The Kier molecular flexibility index (Phi) is 5.42. The summed E-state index contributed by atoms with van der Waals surface area (Å²) in [5, 5.41) is 3.18.